The lowest BCUT2D eigenvalue weighted by molar-refractivity contribution is -0.121. The van der Waals surface area contributed by atoms with E-state index in [-0.39, 0.29) is 24.2 Å². The lowest BCUT2D eigenvalue weighted by Gasteiger charge is -2.22. The molecule has 0 unspecified atom stereocenters. The molecule has 0 aromatic heterocycles. The highest BCUT2D eigenvalue weighted by atomic mass is 35.5. The Labute approximate surface area is 131 Å². The quantitative estimate of drug-likeness (QED) is 0.802. The Morgan fingerprint density at radius 2 is 1.81 bits per heavy atom. The summed E-state index contributed by atoms with van der Waals surface area (Å²) in [4.78, 5) is 23.4. The van der Waals surface area contributed by atoms with Crippen LogP contribution in [-0.4, -0.2) is 17.4 Å². The first-order valence-corrected chi connectivity index (χ1v) is 6.89. The van der Waals surface area contributed by atoms with E-state index in [1.807, 2.05) is 19.1 Å². The van der Waals surface area contributed by atoms with Crippen LogP contribution in [0.1, 0.15) is 38.2 Å². The number of rotatable bonds is 3. The van der Waals surface area contributed by atoms with Crippen molar-refractivity contribution in [3.63, 3.8) is 0 Å². The Bertz CT molecular complexity index is 540. The maximum absolute atomic E-state index is 12.2. The molecule has 2 amide bonds. The molecule has 5 nitrogen and oxygen atoms in total. The predicted octanol–water partition coefficient (Wildman–Crippen LogP) is 2.59. The van der Waals surface area contributed by atoms with Crippen LogP contribution in [0, 0.1) is 6.92 Å². The number of amides is 2. The van der Waals surface area contributed by atoms with Crippen LogP contribution in [0.2, 0.25) is 0 Å². The van der Waals surface area contributed by atoms with Crippen LogP contribution in [-0.2, 0) is 9.59 Å². The van der Waals surface area contributed by atoms with E-state index in [1.165, 1.54) is 6.92 Å². The molecule has 0 saturated heterocycles. The summed E-state index contributed by atoms with van der Waals surface area (Å²) in [6.45, 7) is 3.36. The lowest BCUT2D eigenvalue weighted by Crippen LogP contribution is -2.48. The summed E-state index contributed by atoms with van der Waals surface area (Å²) in [6, 6.07) is 5.43. The number of halogens is 1. The van der Waals surface area contributed by atoms with Gasteiger partial charge in [-0.3, -0.25) is 9.59 Å². The minimum Gasteiger partial charge on any atom is -0.326 e. The number of carbonyl (C=O) groups excluding carboxylic acids is 2. The number of hydrogen-bond acceptors (Lipinski definition) is 3. The third kappa shape index (κ3) is 4.19. The van der Waals surface area contributed by atoms with Gasteiger partial charge in [-0.05, 0) is 37.5 Å². The largest absolute Gasteiger partial charge is 0.326 e. The van der Waals surface area contributed by atoms with E-state index in [9.17, 15) is 9.59 Å². The summed E-state index contributed by atoms with van der Waals surface area (Å²) in [7, 11) is 0. The van der Waals surface area contributed by atoms with Crippen molar-refractivity contribution in [2.75, 3.05) is 10.6 Å². The summed E-state index contributed by atoms with van der Waals surface area (Å²) >= 11 is 0. The first kappa shape index (κ1) is 17.5. The molecular weight excluding hydrogens is 290 g/mol. The van der Waals surface area contributed by atoms with Gasteiger partial charge in [0.05, 0.1) is 5.54 Å². The fourth-order valence-corrected chi connectivity index (χ4v) is 2.51. The zero-order valence-electron chi connectivity index (χ0n) is 12.4. The highest BCUT2D eigenvalue weighted by molar-refractivity contribution is 5.99. The molecule has 0 aliphatic heterocycles. The Kier molecular flexibility index (Phi) is 5.75. The second-order valence-electron chi connectivity index (χ2n) is 5.53. The van der Waals surface area contributed by atoms with Crippen molar-refractivity contribution in [3.8, 4) is 0 Å². The van der Waals surface area contributed by atoms with Crippen molar-refractivity contribution in [3.05, 3.63) is 23.8 Å². The number of nitrogens with two attached hydrogens (primary N) is 1. The average Bonchev–Trinajstić information content (AvgIpc) is 2.81. The summed E-state index contributed by atoms with van der Waals surface area (Å²) in [6.07, 6.45) is 3.44. The average molecular weight is 312 g/mol. The van der Waals surface area contributed by atoms with Gasteiger partial charge < -0.3 is 16.4 Å². The van der Waals surface area contributed by atoms with Crippen molar-refractivity contribution >= 4 is 35.6 Å². The van der Waals surface area contributed by atoms with Crippen molar-refractivity contribution in [1.29, 1.82) is 0 Å². The highest BCUT2D eigenvalue weighted by Gasteiger charge is 2.36. The van der Waals surface area contributed by atoms with Crippen molar-refractivity contribution in [2.24, 2.45) is 5.73 Å². The minimum absolute atomic E-state index is 0. The van der Waals surface area contributed by atoms with Gasteiger partial charge in [0, 0.05) is 18.3 Å². The van der Waals surface area contributed by atoms with Gasteiger partial charge in [0.2, 0.25) is 11.8 Å². The molecule has 1 aliphatic carbocycles. The second kappa shape index (κ2) is 6.91. The van der Waals surface area contributed by atoms with Crippen LogP contribution in [0.4, 0.5) is 11.4 Å². The van der Waals surface area contributed by atoms with Crippen LogP contribution in [0.5, 0.6) is 0 Å². The Morgan fingerprint density at radius 1 is 1.19 bits per heavy atom. The van der Waals surface area contributed by atoms with Gasteiger partial charge in [0.15, 0.2) is 0 Å². The van der Waals surface area contributed by atoms with E-state index < -0.39 is 5.54 Å². The lowest BCUT2D eigenvalue weighted by atomic mass is 9.98. The number of carbonyl (C=O) groups is 2. The fraction of sp³-hybridized carbons (Fsp3) is 0.467. The van der Waals surface area contributed by atoms with Crippen LogP contribution < -0.4 is 16.4 Å². The van der Waals surface area contributed by atoms with E-state index >= 15 is 0 Å². The standard InChI is InChI=1S/C15H21N3O2.ClH/c1-10-5-6-12(9-13(10)17-11(2)19)18-14(20)15(16)7-3-4-8-15;/h5-6,9H,3-4,7-8,16H2,1-2H3,(H,17,19)(H,18,20);1H. The SMILES string of the molecule is CC(=O)Nc1cc(NC(=O)C2(N)CCCC2)ccc1C.Cl. The molecule has 116 valence electrons. The molecule has 1 fully saturated rings. The molecule has 0 atom stereocenters. The molecule has 0 bridgehead atoms. The maximum Gasteiger partial charge on any atom is 0.244 e. The number of nitrogens with one attached hydrogen (secondary N) is 2. The highest BCUT2D eigenvalue weighted by Crippen LogP contribution is 2.29. The monoisotopic (exact) mass is 311 g/mol. The zero-order chi connectivity index (χ0) is 14.8. The fourth-order valence-electron chi connectivity index (χ4n) is 2.51. The Morgan fingerprint density at radius 3 is 2.38 bits per heavy atom. The van der Waals surface area contributed by atoms with E-state index in [4.69, 9.17) is 5.73 Å². The Hall–Kier alpha value is -1.59. The molecule has 21 heavy (non-hydrogen) atoms. The van der Waals surface area contributed by atoms with Gasteiger partial charge in [-0.1, -0.05) is 18.9 Å². The number of aryl methyl sites for hydroxylation is 1. The second-order valence-corrected chi connectivity index (χ2v) is 5.53. The molecule has 1 aliphatic rings. The molecule has 6 heteroatoms. The number of benzene rings is 1. The van der Waals surface area contributed by atoms with Crippen molar-refractivity contribution in [1.82, 2.24) is 0 Å². The molecule has 2 rings (SSSR count). The van der Waals surface area contributed by atoms with Crippen molar-refractivity contribution < 1.29 is 9.59 Å². The van der Waals surface area contributed by atoms with Gasteiger partial charge in [0.25, 0.3) is 0 Å². The molecule has 1 aromatic rings. The van der Waals surface area contributed by atoms with E-state index in [1.54, 1.807) is 6.07 Å². The molecule has 0 heterocycles. The number of hydrogen-bond donors (Lipinski definition) is 3. The van der Waals surface area contributed by atoms with Crippen LogP contribution >= 0.6 is 12.4 Å². The molecule has 0 radical (unpaired) electrons. The Balaban J connectivity index is 0.00000220. The number of anilines is 2. The van der Waals surface area contributed by atoms with Crippen LogP contribution in [0.3, 0.4) is 0 Å². The third-order valence-corrected chi connectivity index (χ3v) is 3.75. The summed E-state index contributed by atoms with van der Waals surface area (Å²) in [5.74, 6) is -0.282. The van der Waals surface area contributed by atoms with E-state index in [0.29, 0.717) is 11.4 Å². The topological polar surface area (TPSA) is 84.2 Å². The third-order valence-electron chi connectivity index (χ3n) is 3.75. The van der Waals surface area contributed by atoms with Gasteiger partial charge >= 0.3 is 0 Å². The van der Waals surface area contributed by atoms with Crippen LogP contribution in [0.25, 0.3) is 0 Å². The minimum atomic E-state index is -0.751. The first-order valence-electron chi connectivity index (χ1n) is 6.89. The molecule has 4 N–H and O–H groups in total. The maximum atomic E-state index is 12.2. The zero-order valence-corrected chi connectivity index (χ0v) is 13.2. The first-order chi connectivity index (χ1) is 9.40. The predicted molar refractivity (Wildman–Crippen MR) is 86.7 cm³/mol. The normalized spacial score (nSPS) is 16.0. The van der Waals surface area contributed by atoms with Gasteiger partial charge in [-0.2, -0.15) is 0 Å². The molecular formula is C15H22ClN3O2. The molecule has 1 saturated carbocycles. The van der Waals surface area contributed by atoms with E-state index in [2.05, 4.69) is 10.6 Å². The molecule has 0 spiro atoms. The van der Waals surface area contributed by atoms with Gasteiger partial charge in [0.1, 0.15) is 0 Å². The van der Waals surface area contributed by atoms with E-state index in [0.717, 1.165) is 31.2 Å². The summed E-state index contributed by atoms with van der Waals surface area (Å²) in [5.41, 5.74) is 7.67. The smallest absolute Gasteiger partial charge is 0.244 e. The van der Waals surface area contributed by atoms with Crippen molar-refractivity contribution in [2.45, 2.75) is 45.1 Å². The summed E-state index contributed by atoms with van der Waals surface area (Å²) < 4.78 is 0. The van der Waals surface area contributed by atoms with Gasteiger partial charge in [-0.25, -0.2) is 0 Å². The summed E-state index contributed by atoms with van der Waals surface area (Å²) in [5, 5.41) is 5.59. The van der Waals surface area contributed by atoms with Gasteiger partial charge in [-0.15, -0.1) is 12.4 Å². The molecule has 1 aromatic carbocycles. The van der Waals surface area contributed by atoms with Crippen LogP contribution in [0.15, 0.2) is 18.2 Å².